The van der Waals surface area contributed by atoms with Crippen LogP contribution < -0.4 is 10.2 Å². The Balaban J connectivity index is 2.07. The van der Waals surface area contributed by atoms with Crippen molar-refractivity contribution in [2.45, 2.75) is 18.0 Å². The molecule has 0 radical (unpaired) electrons. The minimum absolute atomic E-state index is 0.127. The maximum atomic E-state index is 11.6. The van der Waals surface area contributed by atoms with E-state index in [1.54, 1.807) is 13.2 Å². The lowest BCUT2D eigenvalue weighted by molar-refractivity contribution is -0.125. The third-order valence-corrected chi connectivity index (χ3v) is 4.42. The van der Waals surface area contributed by atoms with Crippen molar-refractivity contribution < 1.29 is 4.79 Å². The van der Waals surface area contributed by atoms with Crippen molar-refractivity contribution in [1.29, 1.82) is 0 Å². The van der Waals surface area contributed by atoms with Crippen molar-refractivity contribution >= 4 is 39.4 Å². The van der Waals surface area contributed by atoms with E-state index in [1.165, 1.54) is 11.8 Å². The van der Waals surface area contributed by atoms with Crippen LogP contribution in [0.2, 0.25) is 0 Å². The first kappa shape index (κ1) is 14.6. The van der Waals surface area contributed by atoms with Crippen LogP contribution in [-0.2, 0) is 4.79 Å². The van der Waals surface area contributed by atoms with E-state index in [1.807, 2.05) is 6.26 Å². The van der Waals surface area contributed by atoms with Gasteiger partial charge in [0.2, 0.25) is 5.91 Å². The summed E-state index contributed by atoms with van der Waals surface area (Å²) in [7, 11) is 1.69. The monoisotopic (exact) mass is 344 g/mol. The van der Waals surface area contributed by atoms with Gasteiger partial charge >= 0.3 is 0 Å². The molecular formula is C12H17BrN4OS. The summed E-state index contributed by atoms with van der Waals surface area (Å²) in [6.45, 7) is 1.70. The smallest absolute Gasteiger partial charge is 0.222 e. The number of carbonyl (C=O) groups excluding carboxylic acids is 1. The molecule has 1 saturated heterocycles. The van der Waals surface area contributed by atoms with Crippen LogP contribution in [0.25, 0.3) is 0 Å². The van der Waals surface area contributed by atoms with Crippen LogP contribution in [0, 0.1) is 5.92 Å². The molecule has 1 aromatic rings. The summed E-state index contributed by atoms with van der Waals surface area (Å²) < 4.78 is 0.906. The highest BCUT2D eigenvalue weighted by atomic mass is 79.9. The van der Waals surface area contributed by atoms with E-state index in [2.05, 4.69) is 36.1 Å². The summed E-state index contributed by atoms with van der Waals surface area (Å²) in [4.78, 5) is 22.6. The number of amides is 1. The van der Waals surface area contributed by atoms with Gasteiger partial charge in [-0.15, -0.1) is 0 Å². The number of thioether (sulfide) groups is 1. The van der Waals surface area contributed by atoms with Crippen molar-refractivity contribution in [3.05, 3.63) is 10.7 Å². The Morgan fingerprint density at radius 1 is 1.53 bits per heavy atom. The zero-order chi connectivity index (χ0) is 13.8. The average Bonchev–Trinajstić information content (AvgIpc) is 2.47. The molecule has 0 aliphatic carbocycles. The number of carbonyl (C=O) groups is 1. The molecule has 7 heteroatoms. The van der Waals surface area contributed by atoms with Crippen molar-refractivity contribution in [3.8, 4) is 0 Å². The number of hydrogen-bond donors (Lipinski definition) is 1. The van der Waals surface area contributed by atoms with Crippen LogP contribution in [-0.4, -0.2) is 42.3 Å². The third-order valence-electron chi connectivity index (χ3n) is 3.30. The number of rotatable bonds is 3. The molecule has 0 bridgehead atoms. The Kier molecular flexibility index (Phi) is 5.04. The van der Waals surface area contributed by atoms with Crippen LogP contribution in [0.15, 0.2) is 15.8 Å². The number of nitrogens with one attached hydrogen (secondary N) is 1. The van der Waals surface area contributed by atoms with E-state index in [0.717, 1.165) is 41.4 Å². The summed E-state index contributed by atoms with van der Waals surface area (Å²) in [5.74, 6) is 1.20. The van der Waals surface area contributed by atoms with Gasteiger partial charge in [0.15, 0.2) is 5.16 Å². The lowest BCUT2D eigenvalue weighted by atomic mass is 9.96. The molecule has 0 spiro atoms. The van der Waals surface area contributed by atoms with E-state index < -0.39 is 0 Å². The van der Waals surface area contributed by atoms with Gasteiger partial charge in [0, 0.05) is 32.3 Å². The fourth-order valence-electron chi connectivity index (χ4n) is 2.22. The second kappa shape index (κ2) is 6.56. The molecule has 1 N–H and O–H groups in total. The highest BCUT2D eigenvalue weighted by molar-refractivity contribution is 9.10. The van der Waals surface area contributed by atoms with Crippen molar-refractivity contribution in [2.75, 3.05) is 31.3 Å². The largest absolute Gasteiger partial charge is 0.359 e. The molecule has 0 atom stereocenters. The summed E-state index contributed by atoms with van der Waals surface area (Å²) in [6, 6.07) is 0. The van der Waals surface area contributed by atoms with Crippen LogP contribution in [0.3, 0.4) is 0 Å². The quantitative estimate of drug-likeness (QED) is 0.670. The Labute approximate surface area is 125 Å². The van der Waals surface area contributed by atoms with Gasteiger partial charge in [0.25, 0.3) is 0 Å². The zero-order valence-electron chi connectivity index (χ0n) is 11.0. The first-order valence-electron chi connectivity index (χ1n) is 6.18. The van der Waals surface area contributed by atoms with E-state index in [4.69, 9.17) is 0 Å². The second-order valence-electron chi connectivity index (χ2n) is 4.40. The van der Waals surface area contributed by atoms with Gasteiger partial charge in [-0.1, -0.05) is 11.8 Å². The number of piperidine rings is 1. The van der Waals surface area contributed by atoms with Gasteiger partial charge in [-0.3, -0.25) is 4.79 Å². The van der Waals surface area contributed by atoms with Gasteiger partial charge < -0.3 is 10.2 Å². The van der Waals surface area contributed by atoms with Crippen LogP contribution in [0.5, 0.6) is 0 Å². The Morgan fingerprint density at radius 2 is 2.21 bits per heavy atom. The molecule has 0 aromatic carbocycles. The van der Waals surface area contributed by atoms with Gasteiger partial charge in [-0.2, -0.15) is 0 Å². The molecule has 19 heavy (non-hydrogen) atoms. The molecule has 2 rings (SSSR count). The summed E-state index contributed by atoms with van der Waals surface area (Å²) >= 11 is 5.03. The first-order valence-corrected chi connectivity index (χ1v) is 8.20. The van der Waals surface area contributed by atoms with Gasteiger partial charge in [-0.25, -0.2) is 9.97 Å². The fraction of sp³-hybridized carbons (Fsp3) is 0.583. The van der Waals surface area contributed by atoms with Crippen LogP contribution in [0.4, 0.5) is 5.82 Å². The van der Waals surface area contributed by atoms with Gasteiger partial charge in [0.1, 0.15) is 5.82 Å². The molecule has 5 nitrogen and oxygen atoms in total. The molecule has 1 aliphatic heterocycles. The molecular weight excluding hydrogens is 328 g/mol. The maximum absolute atomic E-state index is 11.6. The number of hydrogen-bond acceptors (Lipinski definition) is 5. The average molecular weight is 345 g/mol. The van der Waals surface area contributed by atoms with Crippen molar-refractivity contribution in [2.24, 2.45) is 5.92 Å². The van der Waals surface area contributed by atoms with Crippen molar-refractivity contribution in [1.82, 2.24) is 15.3 Å². The first-order chi connectivity index (χ1) is 9.15. The van der Waals surface area contributed by atoms with Gasteiger partial charge in [-0.05, 0) is 35.0 Å². The number of anilines is 1. The van der Waals surface area contributed by atoms with E-state index in [-0.39, 0.29) is 11.8 Å². The second-order valence-corrected chi connectivity index (χ2v) is 6.03. The van der Waals surface area contributed by atoms with Gasteiger partial charge in [0.05, 0.1) is 4.47 Å². The van der Waals surface area contributed by atoms with Crippen molar-refractivity contribution in [3.63, 3.8) is 0 Å². The summed E-state index contributed by atoms with van der Waals surface area (Å²) in [6.07, 6.45) is 5.49. The number of aromatic nitrogens is 2. The molecule has 1 fully saturated rings. The highest BCUT2D eigenvalue weighted by Gasteiger charge is 2.26. The molecule has 1 aliphatic rings. The Morgan fingerprint density at radius 3 is 2.79 bits per heavy atom. The minimum Gasteiger partial charge on any atom is -0.359 e. The summed E-state index contributed by atoms with van der Waals surface area (Å²) in [5.41, 5.74) is 0. The van der Waals surface area contributed by atoms with Crippen LogP contribution in [0.1, 0.15) is 12.8 Å². The van der Waals surface area contributed by atoms with E-state index >= 15 is 0 Å². The van der Waals surface area contributed by atoms with E-state index in [0.29, 0.717) is 0 Å². The number of nitrogens with zero attached hydrogens (tertiary/aromatic N) is 3. The molecule has 104 valence electrons. The molecule has 1 amide bonds. The molecule has 0 saturated carbocycles. The zero-order valence-corrected chi connectivity index (χ0v) is 13.4. The maximum Gasteiger partial charge on any atom is 0.222 e. The lowest BCUT2D eigenvalue weighted by Crippen LogP contribution is -2.40. The number of halogens is 1. The summed E-state index contributed by atoms with van der Waals surface area (Å²) in [5, 5.41) is 3.49. The standard InChI is InChI=1S/C12H17BrN4OS/c1-14-11(18)8-3-5-17(6-4-8)10-9(13)7-15-12(16-10)19-2/h7-8H,3-6H2,1-2H3,(H,14,18). The lowest BCUT2D eigenvalue weighted by Gasteiger charge is -2.32. The topological polar surface area (TPSA) is 58.1 Å². The molecule has 1 aromatic heterocycles. The highest BCUT2D eigenvalue weighted by Crippen LogP contribution is 2.29. The SMILES string of the molecule is CNC(=O)C1CCN(c2nc(SC)ncc2Br)CC1. The normalized spacial score (nSPS) is 16.5. The van der Waals surface area contributed by atoms with E-state index in [9.17, 15) is 4.79 Å². The van der Waals surface area contributed by atoms with Crippen LogP contribution >= 0.6 is 27.7 Å². The Bertz CT molecular complexity index is 463. The molecule has 2 heterocycles. The third kappa shape index (κ3) is 3.39. The minimum atomic E-state index is 0.127. The Hall–Kier alpha value is -0.820. The molecule has 0 unspecified atom stereocenters. The predicted molar refractivity (Wildman–Crippen MR) is 80.5 cm³/mol. The predicted octanol–water partition coefficient (Wildman–Crippen LogP) is 1.92. The fourth-order valence-corrected chi connectivity index (χ4v) is 3.00.